The van der Waals surface area contributed by atoms with Crippen molar-refractivity contribution in [3.8, 4) is 0 Å². The number of benzene rings is 1. The van der Waals surface area contributed by atoms with E-state index in [4.69, 9.17) is 5.73 Å². The Labute approximate surface area is 157 Å². The molecule has 0 unspecified atom stereocenters. The second kappa shape index (κ2) is 7.13. The quantitative estimate of drug-likeness (QED) is 0.888. The van der Waals surface area contributed by atoms with E-state index in [9.17, 15) is 14.4 Å². The molecule has 2 heterocycles. The third-order valence-corrected chi connectivity index (χ3v) is 6.03. The number of hydrogen-bond acceptors (Lipinski definition) is 4. The number of hydrogen-bond donors (Lipinski definition) is 1. The number of piperidine rings is 1. The molecule has 7 heteroatoms. The summed E-state index contributed by atoms with van der Waals surface area (Å²) in [5.41, 5.74) is 5.07. The number of amides is 2. The lowest BCUT2D eigenvalue weighted by molar-refractivity contribution is -0.135. The number of nitrogens with two attached hydrogens (primary N) is 1. The van der Waals surface area contributed by atoms with Crippen LogP contribution in [-0.4, -0.2) is 39.6 Å². The van der Waals surface area contributed by atoms with Gasteiger partial charge in [0.15, 0.2) is 5.69 Å². The van der Waals surface area contributed by atoms with Crippen LogP contribution in [0.5, 0.6) is 0 Å². The van der Waals surface area contributed by atoms with Gasteiger partial charge in [0.2, 0.25) is 5.91 Å². The van der Waals surface area contributed by atoms with Crippen LogP contribution in [0.2, 0.25) is 0 Å². The predicted molar refractivity (Wildman–Crippen MR) is 101 cm³/mol. The Bertz CT molecular complexity index is 952. The Hall–Kier alpha value is -2.70. The van der Waals surface area contributed by atoms with Crippen LogP contribution in [-0.2, 0) is 11.3 Å². The van der Waals surface area contributed by atoms with Gasteiger partial charge in [-0.25, -0.2) is 4.68 Å². The van der Waals surface area contributed by atoms with Gasteiger partial charge in [-0.2, -0.15) is 5.10 Å². The Kier molecular flexibility index (Phi) is 4.68. The molecule has 2 amide bonds. The van der Waals surface area contributed by atoms with E-state index < -0.39 is 5.91 Å². The highest BCUT2D eigenvalue weighted by molar-refractivity contribution is 6.04. The average molecular weight is 368 g/mol. The number of fused-ring (bicyclic) bond motifs is 2. The summed E-state index contributed by atoms with van der Waals surface area (Å²) in [5, 5.41) is 4.86. The van der Waals surface area contributed by atoms with E-state index in [1.54, 1.807) is 24.3 Å². The third-order valence-electron chi connectivity index (χ3n) is 6.03. The molecule has 1 saturated carbocycles. The Morgan fingerprint density at radius 2 is 1.78 bits per heavy atom. The molecular weight excluding hydrogens is 344 g/mol. The third kappa shape index (κ3) is 3.34. The maximum Gasteiger partial charge on any atom is 0.275 e. The number of primary amides is 1. The van der Waals surface area contributed by atoms with Gasteiger partial charge in [-0.15, -0.1) is 0 Å². The van der Waals surface area contributed by atoms with Crippen molar-refractivity contribution in [1.82, 2.24) is 14.7 Å². The largest absolute Gasteiger partial charge is 0.364 e. The first-order chi connectivity index (χ1) is 13.0. The molecule has 2 aromatic rings. The molecule has 1 aliphatic carbocycles. The molecule has 0 spiro atoms. The molecule has 142 valence electrons. The number of carbonyl (C=O) groups excluding carboxylic acids is 2. The topological polar surface area (TPSA) is 98.3 Å². The van der Waals surface area contributed by atoms with Gasteiger partial charge in [-0.3, -0.25) is 14.4 Å². The minimum absolute atomic E-state index is 0.0176. The smallest absolute Gasteiger partial charge is 0.275 e. The van der Waals surface area contributed by atoms with Crippen molar-refractivity contribution < 1.29 is 9.59 Å². The summed E-state index contributed by atoms with van der Waals surface area (Å²) in [6.45, 7) is 1.32. The minimum atomic E-state index is -0.713. The van der Waals surface area contributed by atoms with Gasteiger partial charge in [0.05, 0.1) is 5.39 Å². The zero-order valence-corrected chi connectivity index (χ0v) is 15.3. The van der Waals surface area contributed by atoms with Crippen LogP contribution < -0.4 is 11.3 Å². The van der Waals surface area contributed by atoms with Crippen molar-refractivity contribution in [3.63, 3.8) is 0 Å². The molecule has 1 aliphatic heterocycles. The van der Waals surface area contributed by atoms with Crippen LogP contribution in [0, 0.1) is 11.8 Å². The fourth-order valence-corrected chi connectivity index (χ4v) is 4.58. The van der Waals surface area contributed by atoms with E-state index in [0.717, 1.165) is 30.1 Å². The second-order valence-corrected chi connectivity index (χ2v) is 7.65. The normalized spacial score (nSPS) is 22.4. The van der Waals surface area contributed by atoms with E-state index >= 15 is 0 Å². The van der Waals surface area contributed by atoms with E-state index in [2.05, 4.69) is 5.10 Å². The fraction of sp³-hybridized carbons (Fsp3) is 0.500. The number of nitrogens with zero attached hydrogens (tertiary/aromatic N) is 3. The van der Waals surface area contributed by atoms with Gasteiger partial charge in [-0.05, 0) is 30.7 Å². The first-order valence-electron chi connectivity index (χ1n) is 9.62. The summed E-state index contributed by atoms with van der Waals surface area (Å²) in [5.74, 6) is 0.458. The van der Waals surface area contributed by atoms with E-state index in [1.807, 2.05) is 4.90 Å². The summed E-state index contributed by atoms with van der Waals surface area (Å²) in [6.07, 6.45) is 6.00. The molecule has 0 bridgehead atoms. The fourth-order valence-electron chi connectivity index (χ4n) is 4.58. The first-order valence-corrected chi connectivity index (χ1v) is 9.62. The molecule has 0 radical (unpaired) electrons. The molecule has 2 N–H and O–H groups in total. The summed E-state index contributed by atoms with van der Waals surface area (Å²) in [7, 11) is 0. The van der Waals surface area contributed by atoms with Crippen LogP contribution >= 0.6 is 0 Å². The van der Waals surface area contributed by atoms with Gasteiger partial charge in [-0.1, -0.05) is 37.5 Å². The molecule has 4 rings (SSSR count). The highest BCUT2D eigenvalue weighted by Gasteiger charge is 2.33. The van der Waals surface area contributed by atoms with E-state index in [0.29, 0.717) is 16.7 Å². The number of rotatable bonds is 3. The first kappa shape index (κ1) is 17.7. The maximum absolute atomic E-state index is 12.8. The van der Waals surface area contributed by atoms with Crippen LogP contribution in [0.4, 0.5) is 0 Å². The van der Waals surface area contributed by atoms with Crippen molar-refractivity contribution in [2.75, 3.05) is 13.1 Å². The highest BCUT2D eigenvalue weighted by Crippen LogP contribution is 2.36. The highest BCUT2D eigenvalue weighted by atomic mass is 16.2. The Morgan fingerprint density at radius 3 is 2.52 bits per heavy atom. The second-order valence-electron chi connectivity index (χ2n) is 7.65. The molecule has 7 nitrogen and oxygen atoms in total. The molecule has 1 aromatic heterocycles. The number of carbonyl (C=O) groups is 2. The molecule has 1 aromatic carbocycles. The lowest BCUT2D eigenvalue weighted by atomic mass is 9.75. The van der Waals surface area contributed by atoms with Crippen molar-refractivity contribution in [2.45, 2.75) is 38.6 Å². The maximum atomic E-state index is 12.8. The van der Waals surface area contributed by atoms with Gasteiger partial charge >= 0.3 is 0 Å². The summed E-state index contributed by atoms with van der Waals surface area (Å²) >= 11 is 0. The zero-order chi connectivity index (χ0) is 19.0. The van der Waals surface area contributed by atoms with E-state index in [-0.39, 0.29) is 23.7 Å². The van der Waals surface area contributed by atoms with Crippen molar-refractivity contribution in [1.29, 1.82) is 0 Å². The summed E-state index contributed by atoms with van der Waals surface area (Å²) in [6, 6.07) is 6.71. The predicted octanol–water partition coefficient (Wildman–Crippen LogP) is 1.53. The summed E-state index contributed by atoms with van der Waals surface area (Å²) in [4.78, 5) is 39.2. The molecular formula is C20H24N4O3. The van der Waals surface area contributed by atoms with Gasteiger partial charge in [0.25, 0.3) is 11.5 Å². The molecule has 2 fully saturated rings. The zero-order valence-electron chi connectivity index (χ0n) is 15.3. The molecule has 2 atom stereocenters. The van der Waals surface area contributed by atoms with Crippen LogP contribution in [0.3, 0.4) is 0 Å². The minimum Gasteiger partial charge on any atom is -0.364 e. The standard InChI is InChI=1S/C20H24N4O3/c21-19(26)18-15-7-3-4-8-16(15)20(27)24(22-18)12-17(25)23-10-9-13-5-1-2-6-14(13)11-23/h3-4,7-8,13-14H,1-2,5-6,9-12H2,(H2,21,26)/t13-,14-/m0/s1. The lowest BCUT2D eigenvalue weighted by Gasteiger charge is -2.41. The van der Waals surface area contributed by atoms with Crippen molar-refractivity contribution in [2.24, 2.45) is 17.6 Å². The Morgan fingerprint density at radius 1 is 1.07 bits per heavy atom. The SMILES string of the molecule is NC(=O)c1nn(CC(=O)N2CC[C@@H]3CCCC[C@H]3C2)c(=O)c2ccccc12. The summed E-state index contributed by atoms with van der Waals surface area (Å²) < 4.78 is 1.08. The van der Waals surface area contributed by atoms with Crippen LogP contribution in [0.25, 0.3) is 10.8 Å². The van der Waals surface area contributed by atoms with Gasteiger partial charge in [0.1, 0.15) is 6.54 Å². The van der Waals surface area contributed by atoms with Crippen molar-refractivity contribution in [3.05, 3.63) is 40.3 Å². The van der Waals surface area contributed by atoms with Gasteiger partial charge in [0, 0.05) is 18.5 Å². The van der Waals surface area contributed by atoms with Gasteiger partial charge < -0.3 is 10.6 Å². The molecule has 1 saturated heterocycles. The molecule has 27 heavy (non-hydrogen) atoms. The van der Waals surface area contributed by atoms with Crippen LogP contribution in [0.15, 0.2) is 29.1 Å². The van der Waals surface area contributed by atoms with Crippen molar-refractivity contribution >= 4 is 22.6 Å². The van der Waals surface area contributed by atoms with E-state index in [1.165, 1.54) is 25.7 Å². The Balaban J connectivity index is 1.59. The average Bonchev–Trinajstić information content (AvgIpc) is 2.69. The lowest BCUT2D eigenvalue weighted by Crippen LogP contribution is -2.47. The monoisotopic (exact) mass is 368 g/mol. The molecule has 2 aliphatic rings. The number of aromatic nitrogens is 2. The number of likely N-dealkylation sites (tertiary alicyclic amines) is 1. The van der Waals surface area contributed by atoms with Crippen LogP contribution in [0.1, 0.15) is 42.6 Å².